The van der Waals surface area contributed by atoms with Gasteiger partial charge in [-0.15, -0.1) is 5.10 Å². The summed E-state index contributed by atoms with van der Waals surface area (Å²) in [6, 6.07) is 5.77. The van der Waals surface area contributed by atoms with Crippen LogP contribution in [-0.4, -0.2) is 94.8 Å². The summed E-state index contributed by atoms with van der Waals surface area (Å²) < 4.78 is 47.8. The van der Waals surface area contributed by atoms with Gasteiger partial charge in [0.25, 0.3) is 0 Å². The van der Waals surface area contributed by atoms with Crippen LogP contribution in [0.3, 0.4) is 0 Å². The van der Waals surface area contributed by atoms with Crippen LogP contribution in [0.2, 0.25) is 0 Å². The summed E-state index contributed by atoms with van der Waals surface area (Å²) in [4.78, 5) is 19.0. The lowest BCUT2D eigenvalue weighted by Crippen LogP contribution is -2.49. The Labute approximate surface area is 236 Å². The number of alkyl halides is 3. The number of nitrogens with zero attached hydrogens (tertiary/aromatic N) is 6. The normalized spacial score (nSPS) is 20.6. The SMILES string of the molecule is CSNc1ccn(C(=O)N2CCN(Cc3ccc(C(F)(F)F)cc3N3CCC4(CCN(SC)C4)CC3)CC2)n1. The van der Waals surface area contributed by atoms with Crippen molar-refractivity contribution < 1.29 is 18.0 Å². The molecule has 5 rings (SSSR count). The van der Waals surface area contributed by atoms with Gasteiger partial charge in [-0.3, -0.25) is 9.21 Å². The summed E-state index contributed by atoms with van der Waals surface area (Å²) >= 11 is 3.19. The van der Waals surface area contributed by atoms with Crippen molar-refractivity contribution in [3.8, 4) is 0 Å². The highest BCUT2D eigenvalue weighted by molar-refractivity contribution is 7.99. The fourth-order valence-electron chi connectivity index (χ4n) is 5.92. The number of carbonyl (C=O) groups excluding carboxylic acids is 1. The van der Waals surface area contributed by atoms with Gasteiger partial charge < -0.3 is 14.5 Å². The van der Waals surface area contributed by atoms with Crippen molar-refractivity contribution in [2.75, 3.05) is 74.5 Å². The number of amides is 1. The van der Waals surface area contributed by atoms with Crippen LogP contribution in [-0.2, 0) is 12.7 Å². The summed E-state index contributed by atoms with van der Waals surface area (Å²) in [6.45, 7) is 6.63. The molecule has 3 fully saturated rings. The minimum absolute atomic E-state index is 0.173. The van der Waals surface area contributed by atoms with Gasteiger partial charge in [0.05, 0.1) is 5.56 Å². The van der Waals surface area contributed by atoms with Crippen molar-refractivity contribution in [2.24, 2.45) is 5.41 Å². The van der Waals surface area contributed by atoms with E-state index in [0.29, 0.717) is 44.2 Å². The van der Waals surface area contributed by atoms with Crippen LogP contribution in [0.5, 0.6) is 0 Å². The van der Waals surface area contributed by atoms with E-state index in [1.54, 1.807) is 35.2 Å². The molecular formula is C26H36F3N7OS2. The highest BCUT2D eigenvalue weighted by atomic mass is 32.2. The molecule has 39 heavy (non-hydrogen) atoms. The topological polar surface area (TPSA) is 59.9 Å². The lowest BCUT2D eigenvalue weighted by Gasteiger charge is -2.41. The zero-order valence-electron chi connectivity index (χ0n) is 22.4. The van der Waals surface area contributed by atoms with E-state index in [9.17, 15) is 18.0 Å². The Balaban J connectivity index is 1.24. The lowest BCUT2D eigenvalue weighted by molar-refractivity contribution is -0.137. The molecule has 2 aromatic rings. The van der Waals surface area contributed by atoms with E-state index < -0.39 is 11.7 Å². The molecule has 1 N–H and O–H groups in total. The van der Waals surface area contributed by atoms with E-state index in [1.807, 2.05) is 6.26 Å². The second-order valence-corrected chi connectivity index (χ2v) is 12.1. The number of benzene rings is 1. The predicted octanol–water partition coefficient (Wildman–Crippen LogP) is 4.95. The number of anilines is 2. The third kappa shape index (κ3) is 6.47. The summed E-state index contributed by atoms with van der Waals surface area (Å²) in [6.07, 6.45) is 4.43. The number of piperidine rings is 1. The summed E-state index contributed by atoms with van der Waals surface area (Å²) in [5.41, 5.74) is 1.30. The minimum Gasteiger partial charge on any atom is -0.371 e. The van der Waals surface area contributed by atoms with E-state index in [-0.39, 0.29) is 11.4 Å². The van der Waals surface area contributed by atoms with Gasteiger partial charge in [0.15, 0.2) is 5.82 Å². The molecule has 0 atom stereocenters. The van der Waals surface area contributed by atoms with Gasteiger partial charge >= 0.3 is 12.2 Å². The average molecular weight is 584 g/mol. The molecule has 3 aliphatic heterocycles. The largest absolute Gasteiger partial charge is 0.416 e. The van der Waals surface area contributed by atoms with E-state index in [0.717, 1.165) is 51.0 Å². The maximum atomic E-state index is 13.7. The molecule has 3 aliphatic rings. The number of rotatable bonds is 6. The number of halogens is 3. The minimum atomic E-state index is -4.38. The molecule has 0 saturated carbocycles. The Bertz CT molecular complexity index is 1140. The fraction of sp³-hybridized carbons (Fsp3) is 0.615. The second-order valence-electron chi connectivity index (χ2n) is 10.6. The lowest BCUT2D eigenvalue weighted by atomic mass is 9.77. The third-order valence-corrected chi connectivity index (χ3v) is 9.51. The first-order chi connectivity index (χ1) is 18.7. The Morgan fingerprint density at radius 3 is 2.38 bits per heavy atom. The first kappa shape index (κ1) is 28.4. The summed E-state index contributed by atoms with van der Waals surface area (Å²) in [7, 11) is 0. The molecular weight excluding hydrogens is 547 g/mol. The number of nitrogens with one attached hydrogen (secondary N) is 1. The van der Waals surface area contributed by atoms with Gasteiger partial charge in [-0.2, -0.15) is 17.9 Å². The smallest absolute Gasteiger partial charge is 0.371 e. The first-order valence-corrected chi connectivity index (χ1v) is 15.7. The van der Waals surface area contributed by atoms with Crippen molar-refractivity contribution in [1.29, 1.82) is 0 Å². The van der Waals surface area contributed by atoms with Gasteiger partial charge in [0.2, 0.25) is 0 Å². The quantitative estimate of drug-likeness (QED) is 0.480. The third-order valence-electron chi connectivity index (χ3n) is 8.27. The second kappa shape index (κ2) is 11.8. The molecule has 1 aromatic heterocycles. The standard InChI is InChI=1S/C26H36F3N7OS2/c1-38-31-23-5-9-36(30-23)24(37)34-15-13-32(14-16-34)18-20-3-4-21(26(27,28)29)17-22(20)33-10-6-25(7-11-33)8-12-35(19-25)39-2/h3-5,9,17H,6-8,10-16,18-19H2,1-2H3,(H,30,31). The number of piperazine rings is 1. The van der Waals surface area contributed by atoms with Crippen molar-refractivity contribution >= 4 is 41.4 Å². The highest BCUT2D eigenvalue weighted by Gasteiger charge is 2.41. The number of carbonyl (C=O) groups is 1. The van der Waals surface area contributed by atoms with Crippen LogP contribution < -0.4 is 9.62 Å². The predicted molar refractivity (Wildman–Crippen MR) is 152 cm³/mol. The highest BCUT2D eigenvalue weighted by Crippen LogP contribution is 2.44. The zero-order valence-corrected chi connectivity index (χ0v) is 24.0. The molecule has 0 radical (unpaired) electrons. The Morgan fingerprint density at radius 2 is 1.74 bits per heavy atom. The molecule has 0 aliphatic carbocycles. The molecule has 13 heteroatoms. The van der Waals surface area contributed by atoms with Crippen LogP contribution in [0.15, 0.2) is 30.5 Å². The Kier molecular flexibility index (Phi) is 8.60. The van der Waals surface area contributed by atoms with Crippen molar-refractivity contribution in [2.45, 2.75) is 32.0 Å². The molecule has 4 heterocycles. The van der Waals surface area contributed by atoms with Gasteiger partial charge in [-0.25, -0.2) is 4.79 Å². The maximum absolute atomic E-state index is 13.7. The van der Waals surface area contributed by atoms with Crippen molar-refractivity contribution in [3.63, 3.8) is 0 Å². The molecule has 3 saturated heterocycles. The zero-order chi connectivity index (χ0) is 27.6. The Morgan fingerprint density at radius 1 is 1.03 bits per heavy atom. The van der Waals surface area contributed by atoms with E-state index >= 15 is 0 Å². The molecule has 214 valence electrons. The number of hydrogen-bond donors (Lipinski definition) is 1. The van der Waals surface area contributed by atoms with E-state index in [1.165, 1.54) is 28.8 Å². The first-order valence-electron chi connectivity index (χ1n) is 13.3. The van der Waals surface area contributed by atoms with Gasteiger partial charge in [0, 0.05) is 83.1 Å². The van der Waals surface area contributed by atoms with E-state index in [4.69, 9.17) is 0 Å². The van der Waals surface area contributed by atoms with Crippen molar-refractivity contribution in [1.82, 2.24) is 23.9 Å². The summed E-state index contributed by atoms with van der Waals surface area (Å²) in [5, 5.41) is 4.27. The number of aromatic nitrogens is 2. The van der Waals surface area contributed by atoms with E-state index in [2.05, 4.69) is 30.2 Å². The summed E-state index contributed by atoms with van der Waals surface area (Å²) in [5.74, 6) is 0.627. The molecule has 8 nitrogen and oxygen atoms in total. The van der Waals surface area contributed by atoms with Gasteiger partial charge in [-0.05, 0) is 48.6 Å². The Hall–Kier alpha value is -2.09. The molecule has 0 bridgehead atoms. The van der Waals surface area contributed by atoms with Crippen LogP contribution in [0.25, 0.3) is 0 Å². The van der Waals surface area contributed by atoms with Crippen LogP contribution in [0, 0.1) is 5.41 Å². The molecule has 0 unspecified atom stereocenters. The average Bonchev–Trinajstić information content (AvgIpc) is 3.56. The molecule has 1 amide bonds. The van der Waals surface area contributed by atoms with Crippen LogP contribution in [0.1, 0.15) is 30.4 Å². The monoisotopic (exact) mass is 583 g/mol. The molecule has 1 spiro atoms. The van der Waals surface area contributed by atoms with Crippen LogP contribution >= 0.6 is 23.9 Å². The van der Waals surface area contributed by atoms with Crippen molar-refractivity contribution in [3.05, 3.63) is 41.6 Å². The maximum Gasteiger partial charge on any atom is 0.416 e. The molecule has 1 aromatic carbocycles. The fourth-order valence-corrected chi connectivity index (χ4v) is 6.92. The van der Waals surface area contributed by atoms with Gasteiger partial charge in [0.1, 0.15) is 0 Å². The van der Waals surface area contributed by atoms with Crippen LogP contribution in [0.4, 0.5) is 29.5 Å². The van der Waals surface area contributed by atoms with Gasteiger partial charge in [-0.1, -0.05) is 30.0 Å². The number of hydrogen-bond acceptors (Lipinski definition) is 8.